The van der Waals surface area contributed by atoms with Crippen LogP contribution in [0.1, 0.15) is 13.8 Å². The molecule has 0 unspecified atom stereocenters. The third-order valence-electron chi connectivity index (χ3n) is 2.47. The van der Waals surface area contributed by atoms with E-state index in [0.29, 0.717) is 5.95 Å². The Balaban J connectivity index is 2.23. The first-order valence-electron chi connectivity index (χ1n) is 6.50. The van der Waals surface area contributed by atoms with E-state index in [4.69, 9.17) is 0 Å². The van der Waals surface area contributed by atoms with Gasteiger partial charge in [0.2, 0.25) is 5.95 Å². The first-order chi connectivity index (χ1) is 9.31. The second-order valence-electron chi connectivity index (χ2n) is 4.01. The van der Waals surface area contributed by atoms with E-state index in [0.717, 1.165) is 30.4 Å². The fourth-order valence-corrected chi connectivity index (χ4v) is 1.69. The van der Waals surface area contributed by atoms with Crippen LogP contribution in [-0.4, -0.2) is 23.1 Å². The maximum atomic E-state index is 4.43. The standard InChI is InChI=1S/C14H19N5/c1-3-15-12-10-13(19-14(18-12)16-4-2)17-11-8-6-5-7-9-11/h5-10H,3-4H2,1-2H3,(H3,15,16,17,18,19). The van der Waals surface area contributed by atoms with Crippen LogP contribution >= 0.6 is 0 Å². The van der Waals surface area contributed by atoms with Crippen LogP contribution in [0.4, 0.5) is 23.3 Å². The smallest absolute Gasteiger partial charge is 0.226 e. The molecule has 0 saturated heterocycles. The summed E-state index contributed by atoms with van der Waals surface area (Å²) in [4.78, 5) is 8.81. The number of rotatable bonds is 6. The van der Waals surface area contributed by atoms with Crippen LogP contribution in [0.3, 0.4) is 0 Å². The highest BCUT2D eigenvalue weighted by Gasteiger charge is 2.03. The summed E-state index contributed by atoms with van der Waals surface area (Å²) in [6, 6.07) is 11.9. The van der Waals surface area contributed by atoms with Gasteiger partial charge in [0.05, 0.1) is 0 Å². The molecule has 0 aliphatic rings. The van der Waals surface area contributed by atoms with E-state index in [-0.39, 0.29) is 0 Å². The molecule has 100 valence electrons. The molecule has 0 bridgehead atoms. The van der Waals surface area contributed by atoms with Crippen molar-refractivity contribution in [3.8, 4) is 0 Å². The highest BCUT2D eigenvalue weighted by molar-refractivity contribution is 5.60. The summed E-state index contributed by atoms with van der Waals surface area (Å²) in [5.74, 6) is 2.21. The van der Waals surface area contributed by atoms with Crippen molar-refractivity contribution in [2.24, 2.45) is 0 Å². The van der Waals surface area contributed by atoms with Gasteiger partial charge in [-0.05, 0) is 26.0 Å². The Labute approximate surface area is 113 Å². The third-order valence-corrected chi connectivity index (χ3v) is 2.47. The number of para-hydroxylation sites is 1. The van der Waals surface area contributed by atoms with Crippen LogP contribution in [0.25, 0.3) is 0 Å². The van der Waals surface area contributed by atoms with Gasteiger partial charge in [0, 0.05) is 24.8 Å². The zero-order valence-electron chi connectivity index (χ0n) is 11.3. The summed E-state index contributed by atoms with van der Waals surface area (Å²) < 4.78 is 0. The molecule has 0 radical (unpaired) electrons. The molecule has 0 aliphatic heterocycles. The number of aromatic nitrogens is 2. The number of nitrogens with zero attached hydrogens (tertiary/aromatic N) is 2. The molecule has 0 atom stereocenters. The Bertz CT molecular complexity index is 488. The summed E-state index contributed by atoms with van der Waals surface area (Å²) >= 11 is 0. The van der Waals surface area contributed by atoms with Gasteiger partial charge < -0.3 is 16.0 Å². The summed E-state index contributed by atoms with van der Waals surface area (Å²) in [5.41, 5.74) is 1.01. The van der Waals surface area contributed by atoms with Gasteiger partial charge in [0.15, 0.2) is 0 Å². The molecular weight excluding hydrogens is 238 g/mol. The van der Waals surface area contributed by atoms with Crippen molar-refractivity contribution in [1.82, 2.24) is 9.97 Å². The Kier molecular flexibility index (Phi) is 4.55. The number of anilines is 4. The van der Waals surface area contributed by atoms with E-state index in [9.17, 15) is 0 Å². The number of hydrogen-bond donors (Lipinski definition) is 3. The van der Waals surface area contributed by atoms with Gasteiger partial charge in [-0.1, -0.05) is 18.2 Å². The molecule has 0 amide bonds. The molecule has 1 aromatic carbocycles. The molecular formula is C14H19N5. The van der Waals surface area contributed by atoms with E-state index in [1.807, 2.05) is 50.2 Å². The van der Waals surface area contributed by atoms with Crippen LogP contribution in [-0.2, 0) is 0 Å². The third kappa shape index (κ3) is 3.84. The molecule has 1 aromatic heterocycles. The lowest BCUT2D eigenvalue weighted by molar-refractivity contribution is 1.07. The van der Waals surface area contributed by atoms with Gasteiger partial charge in [-0.3, -0.25) is 0 Å². The highest BCUT2D eigenvalue weighted by atomic mass is 15.2. The van der Waals surface area contributed by atoms with Crippen molar-refractivity contribution < 1.29 is 0 Å². The normalized spacial score (nSPS) is 10.0. The Morgan fingerprint density at radius 2 is 1.58 bits per heavy atom. The molecule has 5 nitrogen and oxygen atoms in total. The average Bonchev–Trinajstić information content (AvgIpc) is 2.40. The number of benzene rings is 1. The highest BCUT2D eigenvalue weighted by Crippen LogP contribution is 2.18. The molecule has 5 heteroatoms. The van der Waals surface area contributed by atoms with E-state index in [1.165, 1.54) is 0 Å². The van der Waals surface area contributed by atoms with Crippen molar-refractivity contribution in [1.29, 1.82) is 0 Å². The van der Waals surface area contributed by atoms with Crippen molar-refractivity contribution in [2.45, 2.75) is 13.8 Å². The second-order valence-corrected chi connectivity index (χ2v) is 4.01. The molecule has 3 N–H and O–H groups in total. The zero-order valence-corrected chi connectivity index (χ0v) is 11.3. The van der Waals surface area contributed by atoms with Gasteiger partial charge in [0.25, 0.3) is 0 Å². The molecule has 0 spiro atoms. The second kappa shape index (κ2) is 6.58. The van der Waals surface area contributed by atoms with Crippen LogP contribution in [0.15, 0.2) is 36.4 Å². The quantitative estimate of drug-likeness (QED) is 0.742. The summed E-state index contributed by atoms with van der Waals surface area (Å²) in [6.45, 7) is 5.68. The van der Waals surface area contributed by atoms with Crippen molar-refractivity contribution in [3.63, 3.8) is 0 Å². The van der Waals surface area contributed by atoms with Crippen molar-refractivity contribution in [2.75, 3.05) is 29.0 Å². The number of nitrogens with one attached hydrogen (secondary N) is 3. The lowest BCUT2D eigenvalue weighted by atomic mass is 10.3. The minimum atomic E-state index is 0.624. The molecule has 1 heterocycles. The molecule has 2 aromatic rings. The molecule has 19 heavy (non-hydrogen) atoms. The van der Waals surface area contributed by atoms with Crippen LogP contribution in [0, 0.1) is 0 Å². The zero-order chi connectivity index (χ0) is 13.5. The Hall–Kier alpha value is -2.30. The summed E-state index contributed by atoms with van der Waals surface area (Å²) in [6.07, 6.45) is 0. The van der Waals surface area contributed by atoms with Gasteiger partial charge in [0.1, 0.15) is 11.6 Å². The average molecular weight is 257 g/mol. The summed E-state index contributed by atoms with van der Waals surface area (Å²) in [5, 5.41) is 9.60. The van der Waals surface area contributed by atoms with Gasteiger partial charge >= 0.3 is 0 Å². The largest absolute Gasteiger partial charge is 0.370 e. The first kappa shape index (κ1) is 13.1. The SMILES string of the molecule is CCNc1cc(Nc2ccccc2)nc(NCC)n1. The van der Waals surface area contributed by atoms with Gasteiger partial charge in [-0.15, -0.1) is 0 Å². The molecule has 0 saturated carbocycles. The lowest BCUT2D eigenvalue weighted by Gasteiger charge is -2.11. The number of hydrogen-bond acceptors (Lipinski definition) is 5. The van der Waals surface area contributed by atoms with Crippen molar-refractivity contribution >= 4 is 23.3 Å². The topological polar surface area (TPSA) is 61.9 Å². The van der Waals surface area contributed by atoms with Gasteiger partial charge in [-0.25, -0.2) is 0 Å². The Morgan fingerprint density at radius 3 is 2.26 bits per heavy atom. The van der Waals surface area contributed by atoms with Crippen LogP contribution in [0.5, 0.6) is 0 Å². The molecule has 0 fully saturated rings. The van der Waals surface area contributed by atoms with Gasteiger partial charge in [-0.2, -0.15) is 9.97 Å². The minimum Gasteiger partial charge on any atom is -0.370 e. The minimum absolute atomic E-state index is 0.624. The van der Waals surface area contributed by atoms with Crippen molar-refractivity contribution in [3.05, 3.63) is 36.4 Å². The van der Waals surface area contributed by atoms with E-state index in [1.54, 1.807) is 0 Å². The fraction of sp³-hybridized carbons (Fsp3) is 0.286. The predicted molar refractivity (Wildman–Crippen MR) is 80.1 cm³/mol. The molecule has 2 rings (SSSR count). The van der Waals surface area contributed by atoms with Crippen LogP contribution in [0.2, 0.25) is 0 Å². The Morgan fingerprint density at radius 1 is 0.895 bits per heavy atom. The van der Waals surface area contributed by atoms with Crippen LogP contribution < -0.4 is 16.0 Å². The lowest BCUT2D eigenvalue weighted by Crippen LogP contribution is -2.08. The maximum Gasteiger partial charge on any atom is 0.226 e. The molecule has 0 aliphatic carbocycles. The summed E-state index contributed by atoms with van der Waals surface area (Å²) in [7, 11) is 0. The first-order valence-corrected chi connectivity index (χ1v) is 6.50. The monoisotopic (exact) mass is 257 g/mol. The fourth-order valence-electron chi connectivity index (χ4n) is 1.69. The van der Waals surface area contributed by atoms with E-state index in [2.05, 4.69) is 25.9 Å². The maximum absolute atomic E-state index is 4.43. The van der Waals surface area contributed by atoms with E-state index >= 15 is 0 Å². The van der Waals surface area contributed by atoms with E-state index < -0.39 is 0 Å². The predicted octanol–water partition coefficient (Wildman–Crippen LogP) is 3.08.